The number of allylic oxidation sites excluding steroid dienone is 2. The normalized spacial score (nSPS) is 17.7. The van der Waals surface area contributed by atoms with Crippen LogP contribution in [0, 0.1) is 17.3 Å². The van der Waals surface area contributed by atoms with E-state index in [1.165, 1.54) is 12.1 Å². The molecule has 12 heteroatoms. The second-order valence-corrected chi connectivity index (χ2v) is 10.7. The second kappa shape index (κ2) is 13.5. The van der Waals surface area contributed by atoms with Gasteiger partial charge in [0.15, 0.2) is 6.19 Å². The number of aliphatic imine (C=N–C) groups is 1. The first-order chi connectivity index (χ1) is 20.5. The average Bonchev–Trinajstić information content (AvgIpc) is 2.96. The van der Waals surface area contributed by atoms with E-state index in [4.69, 9.17) is 0 Å². The van der Waals surface area contributed by atoms with Crippen LogP contribution in [-0.2, 0) is 15.2 Å². The molecule has 2 heterocycles. The van der Waals surface area contributed by atoms with Crippen molar-refractivity contribution in [2.45, 2.75) is 44.6 Å². The monoisotopic (exact) mass is 590 g/mol. The lowest BCUT2D eigenvalue weighted by Crippen LogP contribution is -2.43. The number of hydrogen-bond acceptors (Lipinski definition) is 7. The van der Waals surface area contributed by atoms with Gasteiger partial charge in [0.1, 0.15) is 5.82 Å². The standard InChI is InChI=1S/C31H35FN6O5/c1-19-25(28(39)40)27(26(29(41)42)20(2)36-19)21-5-3-6-24(17-21)37-30(35-18-33)34-13-4-14-38-15-11-31(43,12-16-38)22-7-9-23(32)10-8-22/h3,5-10,17,27,36,43H,4,11-16H2,1-2H3,(H,39,40)(H,41,42)(H2,34,35,37). The molecule has 4 rings (SSSR count). The molecule has 0 amide bonds. The summed E-state index contributed by atoms with van der Waals surface area (Å²) in [6.45, 7) is 5.69. The van der Waals surface area contributed by atoms with Crippen molar-refractivity contribution in [1.82, 2.24) is 15.5 Å². The smallest absolute Gasteiger partial charge is 0.334 e. The number of dihydropyridines is 1. The molecule has 1 fully saturated rings. The number of carboxylic acids is 2. The van der Waals surface area contributed by atoms with Crippen molar-refractivity contribution in [2.75, 3.05) is 31.5 Å². The molecular formula is C31H35FN6O5. The predicted molar refractivity (Wildman–Crippen MR) is 158 cm³/mol. The summed E-state index contributed by atoms with van der Waals surface area (Å²) in [6.07, 6.45) is 3.62. The number of nitrogens with zero attached hydrogens (tertiary/aromatic N) is 3. The van der Waals surface area contributed by atoms with Crippen molar-refractivity contribution in [2.24, 2.45) is 4.99 Å². The Hall–Kier alpha value is -4.73. The van der Waals surface area contributed by atoms with Gasteiger partial charge in [-0.1, -0.05) is 24.3 Å². The first kappa shape index (κ1) is 31.2. The lowest BCUT2D eigenvalue weighted by molar-refractivity contribution is -0.133. The van der Waals surface area contributed by atoms with Gasteiger partial charge >= 0.3 is 11.9 Å². The third-order valence-corrected chi connectivity index (χ3v) is 7.85. The van der Waals surface area contributed by atoms with Crippen molar-refractivity contribution in [3.05, 3.63) is 88.0 Å². The highest BCUT2D eigenvalue weighted by atomic mass is 19.1. The van der Waals surface area contributed by atoms with Crippen molar-refractivity contribution in [3.63, 3.8) is 0 Å². The predicted octanol–water partition coefficient (Wildman–Crippen LogP) is 3.44. The lowest BCUT2D eigenvalue weighted by Gasteiger charge is -2.38. The summed E-state index contributed by atoms with van der Waals surface area (Å²) in [4.78, 5) is 30.9. The van der Waals surface area contributed by atoms with Gasteiger partial charge in [-0.25, -0.2) is 14.0 Å². The van der Waals surface area contributed by atoms with Crippen LogP contribution < -0.4 is 16.0 Å². The van der Waals surface area contributed by atoms with Gasteiger partial charge in [0.05, 0.1) is 22.7 Å². The van der Waals surface area contributed by atoms with Crippen molar-refractivity contribution in [1.29, 1.82) is 5.26 Å². The fraction of sp³-hybridized carbons (Fsp3) is 0.355. The zero-order chi connectivity index (χ0) is 31.1. The Morgan fingerprint density at radius 2 is 1.72 bits per heavy atom. The largest absolute Gasteiger partial charge is 0.478 e. The van der Waals surface area contributed by atoms with E-state index < -0.39 is 23.5 Å². The van der Waals surface area contributed by atoms with E-state index in [2.05, 4.69) is 25.8 Å². The Labute approximate surface area is 249 Å². The number of carbonyl (C=O) groups is 2. The van der Waals surface area contributed by atoms with Crippen molar-refractivity contribution < 1.29 is 29.3 Å². The Bertz CT molecular complexity index is 1470. The quantitative estimate of drug-likeness (QED) is 0.0836. The number of nitriles is 1. The first-order valence-corrected chi connectivity index (χ1v) is 13.9. The molecule has 0 saturated carbocycles. The van der Waals surface area contributed by atoms with Crippen LogP contribution in [0.4, 0.5) is 10.1 Å². The highest BCUT2D eigenvalue weighted by molar-refractivity contribution is 5.99. The Balaban J connectivity index is 1.39. The molecule has 2 aromatic rings. The fourth-order valence-electron chi connectivity index (χ4n) is 5.67. The maximum absolute atomic E-state index is 13.3. The van der Waals surface area contributed by atoms with Crippen molar-refractivity contribution in [3.8, 4) is 6.19 Å². The molecule has 6 N–H and O–H groups in total. The van der Waals surface area contributed by atoms with Gasteiger partial charge in [-0.05, 0) is 75.0 Å². The van der Waals surface area contributed by atoms with E-state index >= 15 is 0 Å². The third kappa shape index (κ3) is 7.38. The Morgan fingerprint density at radius 3 is 2.30 bits per heavy atom. The number of nitrogens with one attached hydrogen (secondary N) is 3. The molecule has 0 atom stereocenters. The van der Waals surface area contributed by atoms with E-state index in [0.717, 1.165) is 12.1 Å². The highest BCUT2D eigenvalue weighted by Gasteiger charge is 2.37. The molecule has 2 aromatic carbocycles. The minimum atomic E-state index is -1.22. The summed E-state index contributed by atoms with van der Waals surface area (Å²) in [5, 5.41) is 48.5. The Kier molecular flexibility index (Phi) is 9.80. The lowest BCUT2D eigenvalue weighted by atomic mass is 9.80. The summed E-state index contributed by atoms with van der Waals surface area (Å²) >= 11 is 0. The molecule has 43 heavy (non-hydrogen) atoms. The van der Waals surface area contributed by atoms with E-state index in [0.29, 0.717) is 61.5 Å². The molecule has 0 aromatic heterocycles. The number of carboxylic acid groups (broad SMARTS) is 2. The topological polar surface area (TPSA) is 170 Å². The second-order valence-electron chi connectivity index (χ2n) is 10.7. The molecule has 0 spiro atoms. The van der Waals surface area contributed by atoms with Crippen LogP contribution in [0.15, 0.2) is 76.1 Å². The molecule has 0 aliphatic carbocycles. The maximum Gasteiger partial charge on any atom is 0.334 e. The van der Waals surface area contributed by atoms with Crippen molar-refractivity contribution >= 4 is 23.6 Å². The molecule has 2 aliphatic rings. The molecule has 1 saturated heterocycles. The van der Waals surface area contributed by atoms with E-state index in [9.17, 15) is 34.6 Å². The number of rotatable bonds is 9. The first-order valence-electron chi connectivity index (χ1n) is 13.9. The van der Waals surface area contributed by atoms with E-state index in [1.807, 2.05) is 6.19 Å². The number of piperidine rings is 1. The summed E-state index contributed by atoms with van der Waals surface area (Å²) < 4.78 is 13.3. The van der Waals surface area contributed by atoms with Crippen LogP contribution in [0.1, 0.15) is 50.2 Å². The molecule has 0 bridgehead atoms. The number of guanidine groups is 1. The number of aliphatic hydroxyl groups is 1. The van der Waals surface area contributed by atoms with Gasteiger partial charge < -0.3 is 30.9 Å². The van der Waals surface area contributed by atoms with Gasteiger partial charge in [-0.15, -0.1) is 0 Å². The molecule has 11 nitrogen and oxygen atoms in total. The molecule has 0 radical (unpaired) electrons. The number of hydrogen-bond donors (Lipinski definition) is 6. The summed E-state index contributed by atoms with van der Waals surface area (Å²) in [7, 11) is 0. The SMILES string of the molecule is CC1=C(C(=O)O)C(c2cccc(NC(=NCCCN3CCC(O)(c4ccc(F)cc4)CC3)NC#N)c2)C(C(=O)O)=C(C)N1. The molecule has 0 unspecified atom stereocenters. The summed E-state index contributed by atoms with van der Waals surface area (Å²) in [5.74, 6) is -3.58. The molecular weight excluding hydrogens is 555 g/mol. The molecule has 2 aliphatic heterocycles. The van der Waals surface area contributed by atoms with Gasteiger partial charge in [-0.2, -0.15) is 5.26 Å². The third-order valence-electron chi connectivity index (χ3n) is 7.85. The minimum Gasteiger partial charge on any atom is -0.478 e. The number of aliphatic carboxylic acids is 2. The van der Waals surface area contributed by atoms with Crippen LogP contribution in [0.25, 0.3) is 0 Å². The minimum absolute atomic E-state index is 0.0574. The van der Waals surface area contributed by atoms with Gasteiger partial charge in [0.25, 0.3) is 0 Å². The number of halogens is 1. The average molecular weight is 591 g/mol. The van der Waals surface area contributed by atoms with Gasteiger partial charge in [0, 0.05) is 36.7 Å². The number of benzene rings is 2. The number of anilines is 1. The van der Waals surface area contributed by atoms with Crippen LogP contribution in [0.3, 0.4) is 0 Å². The fourth-order valence-corrected chi connectivity index (χ4v) is 5.67. The summed E-state index contributed by atoms with van der Waals surface area (Å²) in [6, 6.07) is 12.7. The Morgan fingerprint density at radius 1 is 1.09 bits per heavy atom. The number of likely N-dealkylation sites (tertiary alicyclic amines) is 1. The van der Waals surface area contributed by atoms with Gasteiger partial charge in [0.2, 0.25) is 5.96 Å². The van der Waals surface area contributed by atoms with Crippen LogP contribution in [-0.4, -0.2) is 64.3 Å². The van der Waals surface area contributed by atoms with E-state index in [1.54, 1.807) is 50.2 Å². The van der Waals surface area contributed by atoms with Gasteiger partial charge in [-0.3, -0.25) is 10.3 Å². The maximum atomic E-state index is 13.3. The van der Waals surface area contributed by atoms with Crippen LogP contribution in [0.2, 0.25) is 0 Å². The highest BCUT2D eigenvalue weighted by Crippen LogP contribution is 2.39. The van der Waals surface area contributed by atoms with Crippen LogP contribution >= 0.6 is 0 Å². The summed E-state index contributed by atoms with van der Waals surface area (Å²) in [5.41, 5.74) is 1.31. The zero-order valence-corrected chi connectivity index (χ0v) is 24.0. The van der Waals surface area contributed by atoms with Crippen LogP contribution in [0.5, 0.6) is 0 Å². The molecule has 226 valence electrons. The zero-order valence-electron chi connectivity index (χ0n) is 24.0. The van der Waals surface area contributed by atoms with E-state index in [-0.39, 0.29) is 22.9 Å².